The summed E-state index contributed by atoms with van der Waals surface area (Å²) in [5.74, 6) is -0.0560. The summed E-state index contributed by atoms with van der Waals surface area (Å²) in [5, 5.41) is 3.95. The van der Waals surface area contributed by atoms with Gasteiger partial charge in [-0.05, 0) is 25.0 Å². The molecule has 0 atom stereocenters. The van der Waals surface area contributed by atoms with Gasteiger partial charge in [-0.15, -0.1) is 0 Å². The van der Waals surface area contributed by atoms with Crippen molar-refractivity contribution in [2.45, 2.75) is 18.2 Å². The van der Waals surface area contributed by atoms with Crippen molar-refractivity contribution in [1.82, 2.24) is 19.0 Å². The Morgan fingerprint density at radius 3 is 2.52 bits per heavy atom. The normalized spacial score (nSPS) is 17.0. The number of nitrogens with zero attached hydrogens (tertiary/aromatic N) is 4. The Hall–Kier alpha value is -2.45. The molecule has 2 heterocycles. The van der Waals surface area contributed by atoms with Gasteiger partial charge < -0.3 is 4.90 Å². The SMILES string of the molecule is CC(=Cc1ccccc1)C(=O)N1CCCN(S(=O)(=O)c2cnn(C)c2)CC1. The Morgan fingerprint density at radius 1 is 1.11 bits per heavy atom. The van der Waals surface area contributed by atoms with Gasteiger partial charge in [0.25, 0.3) is 0 Å². The monoisotopic (exact) mass is 388 g/mol. The van der Waals surface area contributed by atoms with E-state index in [0.29, 0.717) is 31.6 Å². The highest BCUT2D eigenvalue weighted by molar-refractivity contribution is 7.89. The maximum Gasteiger partial charge on any atom is 0.249 e. The summed E-state index contributed by atoms with van der Waals surface area (Å²) in [7, 11) is -1.90. The zero-order valence-electron chi connectivity index (χ0n) is 15.6. The van der Waals surface area contributed by atoms with Crippen LogP contribution >= 0.6 is 0 Å². The Bertz CT molecular complexity index is 935. The summed E-state index contributed by atoms with van der Waals surface area (Å²) in [5.41, 5.74) is 1.61. The molecule has 1 fully saturated rings. The third kappa shape index (κ3) is 4.45. The minimum absolute atomic E-state index is 0.0560. The van der Waals surface area contributed by atoms with Gasteiger partial charge in [0.05, 0.1) is 6.20 Å². The molecule has 7 nitrogen and oxygen atoms in total. The predicted molar refractivity (Wildman–Crippen MR) is 103 cm³/mol. The fourth-order valence-electron chi connectivity index (χ4n) is 3.13. The van der Waals surface area contributed by atoms with E-state index in [1.54, 1.807) is 18.9 Å². The molecule has 0 saturated carbocycles. The van der Waals surface area contributed by atoms with Crippen LogP contribution < -0.4 is 0 Å². The van der Waals surface area contributed by atoms with Crippen molar-refractivity contribution < 1.29 is 13.2 Å². The molecular weight excluding hydrogens is 364 g/mol. The van der Waals surface area contributed by atoms with Crippen LogP contribution in [0.15, 0.2) is 53.2 Å². The van der Waals surface area contributed by atoms with Crippen LogP contribution in [0.3, 0.4) is 0 Å². The molecule has 0 N–H and O–H groups in total. The van der Waals surface area contributed by atoms with Crippen molar-refractivity contribution >= 4 is 22.0 Å². The molecule has 0 spiro atoms. The summed E-state index contributed by atoms with van der Waals surface area (Å²) in [6.45, 7) is 3.38. The van der Waals surface area contributed by atoms with Gasteiger partial charge in [-0.3, -0.25) is 9.48 Å². The standard InChI is InChI=1S/C19H24N4O3S/c1-16(13-17-7-4-3-5-8-17)19(24)22-9-6-10-23(12-11-22)27(25,26)18-14-20-21(2)15-18/h3-5,7-8,13-15H,6,9-12H2,1-2H3. The zero-order valence-corrected chi connectivity index (χ0v) is 16.4. The quantitative estimate of drug-likeness (QED) is 0.748. The van der Waals surface area contributed by atoms with Crippen molar-refractivity contribution in [3.05, 3.63) is 53.9 Å². The molecular formula is C19H24N4O3S. The van der Waals surface area contributed by atoms with Crippen LogP contribution in [0.4, 0.5) is 0 Å². The summed E-state index contributed by atoms with van der Waals surface area (Å²) in [4.78, 5) is 14.7. The molecule has 1 aromatic carbocycles. The van der Waals surface area contributed by atoms with Crippen molar-refractivity contribution in [3.8, 4) is 0 Å². The Balaban J connectivity index is 1.69. The largest absolute Gasteiger partial charge is 0.338 e. The van der Waals surface area contributed by atoms with Gasteiger partial charge in [0.2, 0.25) is 15.9 Å². The molecule has 0 bridgehead atoms. The van der Waals surface area contributed by atoms with Gasteiger partial charge in [0, 0.05) is 45.0 Å². The lowest BCUT2D eigenvalue weighted by atomic mass is 10.1. The van der Waals surface area contributed by atoms with E-state index in [2.05, 4.69) is 5.10 Å². The van der Waals surface area contributed by atoms with Gasteiger partial charge >= 0.3 is 0 Å². The van der Waals surface area contributed by atoms with E-state index in [1.165, 1.54) is 21.4 Å². The van der Waals surface area contributed by atoms with E-state index in [4.69, 9.17) is 0 Å². The first kappa shape index (κ1) is 19.3. The lowest BCUT2D eigenvalue weighted by molar-refractivity contribution is -0.126. The first-order valence-corrected chi connectivity index (χ1v) is 10.3. The third-order valence-electron chi connectivity index (χ3n) is 4.58. The summed E-state index contributed by atoms with van der Waals surface area (Å²) >= 11 is 0. The number of hydrogen-bond acceptors (Lipinski definition) is 4. The van der Waals surface area contributed by atoms with Crippen LogP contribution in [0.5, 0.6) is 0 Å². The van der Waals surface area contributed by atoms with Crippen LogP contribution in [0.25, 0.3) is 6.08 Å². The van der Waals surface area contributed by atoms with Crippen LogP contribution in [0.2, 0.25) is 0 Å². The molecule has 0 unspecified atom stereocenters. The fourth-order valence-corrected chi connectivity index (χ4v) is 4.58. The second-order valence-electron chi connectivity index (χ2n) is 6.64. The number of rotatable bonds is 4. The second kappa shape index (κ2) is 8.06. The molecule has 2 aromatic rings. The predicted octanol–water partition coefficient (Wildman–Crippen LogP) is 1.75. The van der Waals surface area contributed by atoms with Gasteiger partial charge in [0.15, 0.2) is 0 Å². The minimum Gasteiger partial charge on any atom is -0.338 e. The maximum absolute atomic E-state index is 12.8. The minimum atomic E-state index is -3.59. The van der Waals surface area contributed by atoms with Gasteiger partial charge in [-0.2, -0.15) is 9.40 Å². The molecule has 1 aliphatic rings. The van der Waals surface area contributed by atoms with Crippen molar-refractivity contribution in [1.29, 1.82) is 0 Å². The third-order valence-corrected chi connectivity index (χ3v) is 6.43. The lowest BCUT2D eigenvalue weighted by Crippen LogP contribution is -2.37. The molecule has 1 saturated heterocycles. The average Bonchev–Trinajstić information content (AvgIpc) is 2.95. The number of amides is 1. The van der Waals surface area contributed by atoms with Crippen molar-refractivity contribution in [3.63, 3.8) is 0 Å². The second-order valence-corrected chi connectivity index (χ2v) is 8.58. The highest BCUT2D eigenvalue weighted by Gasteiger charge is 2.29. The first-order valence-electron chi connectivity index (χ1n) is 8.89. The van der Waals surface area contributed by atoms with E-state index in [0.717, 1.165) is 5.56 Å². The number of hydrogen-bond donors (Lipinski definition) is 0. The number of carbonyl (C=O) groups excluding carboxylic acids is 1. The Morgan fingerprint density at radius 2 is 1.85 bits per heavy atom. The topological polar surface area (TPSA) is 75.5 Å². The number of carbonyl (C=O) groups is 1. The van der Waals surface area contributed by atoms with E-state index in [9.17, 15) is 13.2 Å². The van der Waals surface area contributed by atoms with E-state index in [-0.39, 0.29) is 17.3 Å². The Kier molecular flexibility index (Phi) is 5.76. The van der Waals surface area contributed by atoms with E-state index in [1.807, 2.05) is 36.4 Å². The molecule has 144 valence electrons. The van der Waals surface area contributed by atoms with Crippen LogP contribution in [-0.4, -0.2) is 59.5 Å². The molecule has 0 radical (unpaired) electrons. The average molecular weight is 388 g/mol. The van der Waals surface area contributed by atoms with Crippen LogP contribution in [0.1, 0.15) is 18.9 Å². The lowest BCUT2D eigenvalue weighted by Gasteiger charge is -2.22. The molecule has 1 aliphatic heterocycles. The maximum atomic E-state index is 12.8. The van der Waals surface area contributed by atoms with Gasteiger partial charge in [-0.1, -0.05) is 30.3 Å². The molecule has 8 heteroatoms. The van der Waals surface area contributed by atoms with Crippen molar-refractivity contribution in [2.75, 3.05) is 26.2 Å². The zero-order chi connectivity index (χ0) is 19.4. The molecule has 1 amide bonds. The number of aryl methyl sites for hydroxylation is 1. The molecule has 0 aliphatic carbocycles. The van der Waals surface area contributed by atoms with Crippen molar-refractivity contribution in [2.24, 2.45) is 7.05 Å². The van der Waals surface area contributed by atoms with Crippen LogP contribution in [0, 0.1) is 0 Å². The van der Waals surface area contributed by atoms with E-state index < -0.39 is 10.0 Å². The number of aromatic nitrogens is 2. The smallest absolute Gasteiger partial charge is 0.249 e. The van der Waals surface area contributed by atoms with E-state index >= 15 is 0 Å². The molecule has 3 rings (SSSR count). The highest BCUT2D eigenvalue weighted by atomic mass is 32.2. The van der Waals surface area contributed by atoms with Gasteiger partial charge in [0.1, 0.15) is 4.90 Å². The number of benzene rings is 1. The molecule has 1 aromatic heterocycles. The summed E-state index contributed by atoms with van der Waals surface area (Å²) < 4.78 is 28.4. The van der Waals surface area contributed by atoms with Crippen LogP contribution in [-0.2, 0) is 21.9 Å². The Labute approximate surface area is 159 Å². The fraction of sp³-hybridized carbons (Fsp3) is 0.368. The first-order chi connectivity index (χ1) is 12.9. The number of sulfonamides is 1. The van der Waals surface area contributed by atoms with Gasteiger partial charge in [-0.25, -0.2) is 8.42 Å². The highest BCUT2D eigenvalue weighted by Crippen LogP contribution is 2.18. The summed E-state index contributed by atoms with van der Waals surface area (Å²) in [6.07, 6.45) is 5.31. The summed E-state index contributed by atoms with van der Waals surface area (Å²) in [6, 6.07) is 9.68. The molecule has 27 heavy (non-hydrogen) atoms.